The summed E-state index contributed by atoms with van der Waals surface area (Å²) in [6.07, 6.45) is 60.5. The van der Waals surface area contributed by atoms with Gasteiger partial charge in [-0.1, -0.05) is 265 Å². The van der Waals surface area contributed by atoms with Crippen molar-refractivity contribution >= 4 is 11.8 Å². The van der Waals surface area contributed by atoms with Crippen molar-refractivity contribution in [3.05, 3.63) is 0 Å². The fourth-order valence-corrected chi connectivity index (χ4v) is 9.02. The van der Waals surface area contributed by atoms with Crippen molar-refractivity contribution in [2.24, 2.45) is 0 Å². The Balaban J connectivity index is 0. The van der Waals surface area contributed by atoms with E-state index in [1.54, 1.807) is 0 Å². The molecule has 0 spiro atoms. The molecule has 1 saturated carbocycles. The Morgan fingerprint density at radius 3 is 0.727 bits per heavy atom. The minimum absolute atomic E-state index is 0.421. The normalized spacial score (nSPS) is 11.8. The molecule has 0 aromatic carbocycles. The van der Waals surface area contributed by atoms with Crippen LogP contribution in [-0.2, 0) is 9.59 Å². The number of amides is 2. The lowest BCUT2D eigenvalue weighted by Crippen LogP contribution is -2.32. The lowest BCUT2D eigenvalue weighted by atomic mass is 10.1. The van der Waals surface area contributed by atoms with Crippen molar-refractivity contribution in [1.29, 1.82) is 0 Å². The Bertz CT molecular complexity index is 803. The van der Waals surface area contributed by atoms with Gasteiger partial charge in [-0.25, -0.2) is 0 Å². The zero-order valence-corrected chi connectivity index (χ0v) is 46.1. The number of hydrogen-bond acceptors (Lipinski definition) is 4. The van der Waals surface area contributed by atoms with Gasteiger partial charge in [0, 0.05) is 46.1 Å². The van der Waals surface area contributed by atoms with Gasteiger partial charge in [0.05, 0.1) is 0 Å². The summed E-state index contributed by atoms with van der Waals surface area (Å²) in [5.74, 6) is 0.841. The first-order valence-corrected chi connectivity index (χ1v) is 30.3. The predicted molar refractivity (Wildman–Crippen MR) is 294 cm³/mol. The topological polar surface area (TPSA) is 72.9 Å². The molecule has 66 heavy (non-hydrogen) atoms. The van der Waals surface area contributed by atoms with Crippen LogP contribution < -0.4 is 5.32 Å². The molecule has 0 bridgehead atoms. The average molecular weight is 935 g/mol. The first-order valence-electron chi connectivity index (χ1n) is 30.3. The molecule has 0 heterocycles. The zero-order valence-electron chi connectivity index (χ0n) is 46.1. The maximum absolute atomic E-state index is 13.3. The van der Waals surface area contributed by atoms with E-state index < -0.39 is 0 Å². The third kappa shape index (κ3) is 55.5. The van der Waals surface area contributed by atoms with Gasteiger partial charge in [-0.05, 0) is 64.5 Å². The summed E-state index contributed by atoms with van der Waals surface area (Å²) in [5.41, 5.74) is 0. The van der Waals surface area contributed by atoms with E-state index in [9.17, 15) is 9.59 Å². The first kappa shape index (κ1) is 66.9. The molecule has 2 amide bonds. The first-order chi connectivity index (χ1) is 32.6. The summed E-state index contributed by atoms with van der Waals surface area (Å²) in [6, 6.07) is 0. The molecule has 1 rings (SSSR count). The van der Waals surface area contributed by atoms with E-state index in [1.165, 1.54) is 276 Å². The molecule has 6 nitrogen and oxygen atoms in total. The highest BCUT2D eigenvalue weighted by atomic mass is 16.2. The third-order valence-electron chi connectivity index (χ3n) is 13.7. The summed E-state index contributed by atoms with van der Waals surface area (Å²) >= 11 is 0. The van der Waals surface area contributed by atoms with Crippen LogP contribution in [-0.4, -0.2) is 73.1 Å². The van der Waals surface area contributed by atoms with E-state index in [4.69, 9.17) is 5.11 Å². The standard InChI is InChI=1S/C56H113N3O2.C3H6.CH4O/c1-5-9-13-17-21-25-35-43-51-58(52-44-36-26-22-18-14-10-6-2)55(60)47-39-31-29-33-41-49-57-50-42-34-30-32-40-48-56(61)59(53-45-37-27-23-19-15-11-7-3)54-46-38-28-24-20-16-12-8-4;1-2-3-1;1-2/h57H,5-54H2,1-4H3;1-3H2;2H,1H3. The lowest BCUT2D eigenvalue weighted by Gasteiger charge is -2.23. The van der Waals surface area contributed by atoms with Gasteiger partial charge in [-0.2, -0.15) is 0 Å². The Morgan fingerprint density at radius 2 is 0.500 bits per heavy atom. The molecular weight excluding hydrogens is 811 g/mol. The van der Waals surface area contributed by atoms with Crippen LogP contribution in [0.4, 0.5) is 0 Å². The Hall–Kier alpha value is -1.14. The highest BCUT2D eigenvalue weighted by Crippen LogP contribution is 2.17. The third-order valence-corrected chi connectivity index (χ3v) is 13.7. The molecule has 0 unspecified atom stereocenters. The molecule has 0 radical (unpaired) electrons. The summed E-state index contributed by atoms with van der Waals surface area (Å²) < 4.78 is 0. The van der Waals surface area contributed by atoms with E-state index in [2.05, 4.69) is 42.8 Å². The van der Waals surface area contributed by atoms with Crippen LogP contribution in [0.25, 0.3) is 0 Å². The van der Waals surface area contributed by atoms with E-state index in [0.29, 0.717) is 11.8 Å². The molecule has 1 fully saturated rings. The molecule has 0 aromatic rings. The van der Waals surface area contributed by atoms with Crippen LogP contribution in [0.5, 0.6) is 0 Å². The van der Waals surface area contributed by atoms with Crippen LogP contribution >= 0.6 is 0 Å². The zero-order chi connectivity index (χ0) is 48.5. The van der Waals surface area contributed by atoms with Crippen LogP contribution in [0.1, 0.15) is 329 Å². The largest absolute Gasteiger partial charge is 0.400 e. The van der Waals surface area contributed by atoms with Gasteiger partial charge >= 0.3 is 0 Å². The highest BCUT2D eigenvalue weighted by molar-refractivity contribution is 5.76. The molecule has 6 heteroatoms. The summed E-state index contributed by atoms with van der Waals surface area (Å²) in [4.78, 5) is 31.0. The number of rotatable bonds is 52. The minimum atomic E-state index is 0.421. The number of nitrogens with zero attached hydrogens (tertiary/aromatic N) is 2. The monoisotopic (exact) mass is 934 g/mol. The van der Waals surface area contributed by atoms with Gasteiger partial charge in [-0.3, -0.25) is 9.59 Å². The van der Waals surface area contributed by atoms with Crippen LogP contribution in [0.2, 0.25) is 0 Å². The van der Waals surface area contributed by atoms with Crippen molar-refractivity contribution in [1.82, 2.24) is 15.1 Å². The fraction of sp³-hybridized carbons (Fsp3) is 0.967. The minimum Gasteiger partial charge on any atom is -0.400 e. The lowest BCUT2D eigenvalue weighted by molar-refractivity contribution is -0.132. The molecule has 1 aliphatic rings. The summed E-state index contributed by atoms with van der Waals surface area (Å²) in [5, 5.41) is 10.7. The Morgan fingerprint density at radius 1 is 0.303 bits per heavy atom. The number of aliphatic hydroxyl groups excluding tert-OH is 1. The number of hydrogen-bond donors (Lipinski definition) is 2. The van der Waals surface area contributed by atoms with E-state index >= 15 is 0 Å². The van der Waals surface area contributed by atoms with E-state index in [1.807, 2.05) is 0 Å². The van der Waals surface area contributed by atoms with Gasteiger partial charge < -0.3 is 20.2 Å². The van der Waals surface area contributed by atoms with Crippen molar-refractivity contribution in [3.63, 3.8) is 0 Å². The SMILES string of the molecule is C1CC1.CCCCCCCCCCN(CCCCCCCCCC)C(=O)CCCCCCCNCCCCCCCC(=O)N(CCCCCCCCCC)CCCCCCCCCC.CO. The van der Waals surface area contributed by atoms with Gasteiger partial charge in [0.1, 0.15) is 0 Å². The number of aliphatic hydroxyl groups is 1. The van der Waals surface area contributed by atoms with Gasteiger partial charge in [0.2, 0.25) is 11.8 Å². The van der Waals surface area contributed by atoms with Crippen LogP contribution in [0.15, 0.2) is 0 Å². The van der Waals surface area contributed by atoms with Gasteiger partial charge in [0.15, 0.2) is 0 Å². The molecule has 2 N–H and O–H groups in total. The molecule has 0 saturated heterocycles. The van der Waals surface area contributed by atoms with Gasteiger partial charge in [-0.15, -0.1) is 0 Å². The Labute approximate surface area is 415 Å². The second kappa shape index (κ2) is 60.0. The van der Waals surface area contributed by atoms with Crippen molar-refractivity contribution < 1.29 is 14.7 Å². The quantitative estimate of drug-likeness (QED) is 0.0596. The second-order valence-corrected chi connectivity index (χ2v) is 20.5. The number of carbonyl (C=O) groups is 2. The maximum Gasteiger partial charge on any atom is 0.222 e. The number of unbranched alkanes of at least 4 members (excludes halogenated alkanes) is 36. The Kier molecular flexibility index (Phi) is 60.8. The highest BCUT2D eigenvalue weighted by Gasteiger charge is 2.14. The molecular formula is C60H123N3O3. The van der Waals surface area contributed by atoms with Crippen molar-refractivity contribution in [2.45, 2.75) is 329 Å². The number of carbonyl (C=O) groups excluding carboxylic acids is 2. The molecule has 0 aliphatic heterocycles. The second-order valence-electron chi connectivity index (χ2n) is 20.5. The molecule has 1 aliphatic carbocycles. The number of nitrogens with one attached hydrogen (secondary N) is 1. The smallest absolute Gasteiger partial charge is 0.222 e. The summed E-state index contributed by atoms with van der Waals surface area (Å²) in [7, 11) is 1.00. The molecule has 396 valence electrons. The van der Waals surface area contributed by atoms with Crippen LogP contribution in [0.3, 0.4) is 0 Å². The maximum atomic E-state index is 13.3. The van der Waals surface area contributed by atoms with Crippen molar-refractivity contribution in [3.8, 4) is 0 Å². The predicted octanol–water partition coefficient (Wildman–Crippen LogP) is 18.3. The summed E-state index contributed by atoms with van der Waals surface area (Å²) in [6.45, 7) is 15.3. The van der Waals surface area contributed by atoms with Crippen molar-refractivity contribution in [2.75, 3.05) is 46.4 Å². The van der Waals surface area contributed by atoms with Crippen LogP contribution in [0, 0.1) is 0 Å². The average Bonchev–Trinajstić information content (AvgIpc) is 4.23. The molecule has 0 aromatic heterocycles. The van der Waals surface area contributed by atoms with E-state index in [-0.39, 0.29) is 0 Å². The molecule has 0 atom stereocenters. The van der Waals surface area contributed by atoms with Gasteiger partial charge in [0.25, 0.3) is 0 Å². The van der Waals surface area contributed by atoms with E-state index in [0.717, 1.165) is 72.1 Å². The fourth-order valence-electron chi connectivity index (χ4n) is 9.02.